The van der Waals surface area contributed by atoms with Gasteiger partial charge in [0.2, 0.25) is 0 Å². The normalized spacial score (nSPS) is 15.8. The molecule has 0 aliphatic heterocycles. The summed E-state index contributed by atoms with van der Waals surface area (Å²) in [4.78, 5) is 6.79. The van der Waals surface area contributed by atoms with Crippen molar-refractivity contribution in [2.75, 3.05) is 40.9 Å². The Hall–Kier alpha value is -1.22. The van der Waals surface area contributed by atoms with Crippen molar-refractivity contribution in [3.63, 3.8) is 0 Å². The van der Waals surface area contributed by atoms with Crippen molar-refractivity contribution in [1.82, 2.24) is 10.2 Å². The van der Waals surface area contributed by atoms with Crippen molar-refractivity contribution in [3.8, 4) is 11.5 Å². The topological polar surface area (TPSA) is 66.3 Å². The van der Waals surface area contributed by atoms with Gasteiger partial charge in [-0.15, -0.1) is 24.0 Å². The maximum atomic E-state index is 10.5. The van der Waals surface area contributed by atoms with Crippen LogP contribution in [0.4, 0.5) is 0 Å². The van der Waals surface area contributed by atoms with E-state index in [-0.39, 0.29) is 24.0 Å². The van der Waals surface area contributed by atoms with Crippen LogP contribution in [0, 0.1) is 0 Å². The van der Waals surface area contributed by atoms with Crippen LogP contribution in [0.25, 0.3) is 0 Å². The van der Waals surface area contributed by atoms with E-state index in [0.717, 1.165) is 62.7 Å². The number of nitrogens with one attached hydrogen (secondary N) is 1. The van der Waals surface area contributed by atoms with Gasteiger partial charge in [0.1, 0.15) is 0 Å². The highest BCUT2D eigenvalue weighted by Crippen LogP contribution is 2.30. The molecule has 0 saturated heterocycles. The lowest BCUT2D eigenvalue weighted by atomic mass is 10.0. The van der Waals surface area contributed by atoms with Gasteiger partial charge in [0, 0.05) is 20.1 Å². The van der Waals surface area contributed by atoms with Crippen LogP contribution in [-0.2, 0) is 6.42 Å². The monoisotopic (exact) mass is 491 g/mol. The second-order valence-corrected chi connectivity index (χ2v) is 6.96. The zero-order valence-corrected chi connectivity index (χ0v) is 19.3. The molecule has 154 valence electrons. The molecule has 1 fully saturated rings. The number of hydrogen-bond donors (Lipinski definition) is 2. The molecule has 0 spiro atoms. The van der Waals surface area contributed by atoms with Crippen molar-refractivity contribution in [3.05, 3.63) is 23.8 Å². The summed E-state index contributed by atoms with van der Waals surface area (Å²) < 4.78 is 10.7. The molecule has 7 heteroatoms. The van der Waals surface area contributed by atoms with Crippen LogP contribution in [0.5, 0.6) is 11.5 Å². The Kier molecular flexibility index (Phi) is 10.2. The fourth-order valence-electron chi connectivity index (χ4n) is 3.32. The lowest BCUT2D eigenvalue weighted by Gasteiger charge is -2.25. The van der Waals surface area contributed by atoms with Gasteiger partial charge in [-0.3, -0.25) is 4.99 Å². The molecular weight excluding hydrogens is 457 g/mol. The van der Waals surface area contributed by atoms with Gasteiger partial charge in [-0.2, -0.15) is 0 Å². The highest BCUT2D eigenvalue weighted by Gasteiger charge is 2.30. The molecule has 27 heavy (non-hydrogen) atoms. The molecule has 1 aromatic rings. The van der Waals surface area contributed by atoms with Gasteiger partial charge in [0.25, 0.3) is 0 Å². The van der Waals surface area contributed by atoms with E-state index in [9.17, 15) is 5.11 Å². The number of methoxy groups -OCH3 is 2. The van der Waals surface area contributed by atoms with Crippen molar-refractivity contribution >= 4 is 29.9 Å². The molecule has 2 rings (SSSR count). The number of ether oxygens (including phenoxy) is 2. The van der Waals surface area contributed by atoms with E-state index in [1.54, 1.807) is 14.2 Å². The lowest BCUT2D eigenvalue weighted by Crippen LogP contribution is -2.41. The first-order valence-corrected chi connectivity index (χ1v) is 9.44. The van der Waals surface area contributed by atoms with Gasteiger partial charge in [-0.1, -0.05) is 18.9 Å². The molecule has 0 bridgehead atoms. The van der Waals surface area contributed by atoms with Crippen LogP contribution in [0.2, 0.25) is 0 Å². The molecule has 0 aromatic heterocycles. The summed E-state index contributed by atoms with van der Waals surface area (Å²) >= 11 is 0. The Morgan fingerprint density at radius 3 is 2.48 bits per heavy atom. The van der Waals surface area contributed by atoms with E-state index >= 15 is 0 Å². The lowest BCUT2D eigenvalue weighted by molar-refractivity contribution is 0.0572. The first-order valence-electron chi connectivity index (χ1n) is 9.44. The van der Waals surface area contributed by atoms with Crippen molar-refractivity contribution in [2.24, 2.45) is 4.99 Å². The Morgan fingerprint density at radius 2 is 1.89 bits per heavy atom. The third kappa shape index (κ3) is 7.03. The smallest absolute Gasteiger partial charge is 0.193 e. The molecule has 0 atom stereocenters. The van der Waals surface area contributed by atoms with Crippen LogP contribution in [-0.4, -0.2) is 62.5 Å². The molecule has 6 nitrogen and oxygen atoms in total. The number of likely N-dealkylation sites (N-methyl/N-ethyl adjacent to an activating group) is 1. The SMILES string of the molecule is CCNC(=NCC1(O)CCCC1)N(C)CCc1ccc(OC)c(OC)c1.I. The zero-order valence-electron chi connectivity index (χ0n) is 17.0. The summed E-state index contributed by atoms with van der Waals surface area (Å²) in [6.07, 6.45) is 4.76. The minimum Gasteiger partial charge on any atom is -0.493 e. The Labute approximate surface area is 180 Å². The summed E-state index contributed by atoms with van der Waals surface area (Å²) in [5.74, 6) is 2.33. The third-order valence-electron chi connectivity index (χ3n) is 4.94. The second-order valence-electron chi connectivity index (χ2n) is 6.96. The van der Waals surface area contributed by atoms with Crippen molar-refractivity contribution < 1.29 is 14.6 Å². The average molecular weight is 491 g/mol. The fraction of sp³-hybridized carbons (Fsp3) is 0.650. The van der Waals surface area contributed by atoms with E-state index in [1.807, 2.05) is 19.2 Å². The van der Waals surface area contributed by atoms with Crippen molar-refractivity contribution in [1.29, 1.82) is 0 Å². The maximum Gasteiger partial charge on any atom is 0.193 e. The number of nitrogens with zero attached hydrogens (tertiary/aromatic N) is 2. The number of hydrogen-bond acceptors (Lipinski definition) is 4. The van der Waals surface area contributed by atoms with Crippen LogP contribution < -0.4 is 14.8 Å². The maximum absolute atomic E-state index is 10.5. The van der Waals surface area contributed by atoms with Gasteiger partial charge in [0.05, 0.1) is 26.4 Å². The molecule has 1 aliphatic rings. The number of halogens is 1. The predicted molar refractivity (Wildman–Crippen MR) is 121 cm³/mol. The summed E-state index contributed by atoms with van der Waals surface area (Å²) in [5, 5.41) is 13.8. The molecule has 1 saturated carbocycles. The Bertz CT molecular complexity index is 604. The average Bonchev–Trinajstić information content (AvgIpc) is 3.09. The van der Waals surface area contributed by atoms with E-state index in [1.165, 1.54) is 5.56 Å². The highest BCUT2D eigenvalue weighted by molar-refractivity contribution is 14.0. The first kappa shape index (κ1) is 23.8. The van der Waals surface area contributed by atoms with Gasteiger partial charge >= 0.3 is 0 Å². The van der Waals surface area contributed by atoms with Gasteiger partial charge in [-0.05, 0) is 43.9 Å². The number of guanidine groups is 1. The summed E-state index contributed by atoms with van der Waals surface area (Å²) in [5.41, 5.74) is 0.560. The molecule has 1 aromatic carbocycles. The predicted octanol–water partition coefficient (Wildman–Crippen LogP) is 3.07. The first-order chi connectivity index (χ1) is 12.5. The molecule has 1 aliphatic carbocycles. The van der Waals surface area contributed by atoms with Gasteiger partial charge in [0.15, 0.2) is 17.5 Å². The van der Waals surface area contributed by atoms with Crippen LogP contribution in [0.15, 0.2) is 23.2 Å². The van der Waals surface area contributed by atoms with E-state index < -0.39 is 5.60 Å². The summed E-state index contributed by atoms with van der Waals surface area (Å²) in [6.45, 7) is 4.15. The standard InChI is InChI=1S/C20H33N3O3.HI/c1-5-21-19(22-15-20(24)11-6-7-12-20)23(2)13-10-16-8-9-17(25-3)18(14-16)26-4;/h8-9,14,24H,5-7,10-13,15H2,1-4H3,(H,21,22);1H. The molecule has 0 heterocycles. The largest absolute Gasteiger partial charge is 0.493 e. The quantitative estimate of drug-likeness (QED) is 0.333. The Morgan fingerprint density at radius 1 is 1.22 bits per heavy atom. The van der Waals surface area contributed by atoms with E-state index in [0.29, 0.717) is 6.54 Å². The van der Waals surface area contributed by atoms with Crippen LogP contribution in [0.3, 0.4) is 0 Å². The summed E-state index contributed by atoms with van der Waals surface area (Å²) in [6, 6.07) is 6.00. The number of rotatable bonds is 8. The minimum absolute atomic E-state index is 0. The minimum atomic E-state index is -0.620. The molecule has 0 amide bonds. The molecule has 0 radical (unpaired) electrons. The van der Waals surface area contributed by atoms with Crippen molar-refractivity contribution in [2.45, 2.75) is 44.6 Å². The van der Waals surface area contributed by atoms with E-state index in [2.05, 4.69) is 28.2 Å². The third-order valence-corrected chi connectivity index (χ3v) is 4.94. The van der Waals surface area contributed by atoms with Crippen LogP contribution >= 0.6 is 24.0 Å². The number of aliphatic hydroxyl groups is 1. The zero-order chi connectivity index (χ0) is 19.0. The fourth-order valence-corrected chi connectivity index (χ4v) is 3.32. The molecule has 0 unspecified atom stereocenters. The van der Waals surface area contributed by atoms with Crippen LogP contribution in [0.1, 0.15) is 38.2 Å². The molecular formula is C20H34IN3O3. The summed E-state index contributed by atoms with van der Waals surface area (Å²) in [7, 11) is 5.32. The highest BCUT2D eigenvalue weighted by atomic mass is 127. The van der Waals surface area contributed by atoms with Gasteiger partial charge in [-0.25, -0.2) is 0 Å². The number of aliphatic imine (C=N–C) groups is 1. The van der Waals surface area contributed by atoms with Gasteiger partial charge < -0.3 is 24.8 Å². The Balaban J connectivity index is 0.00000364. The van der Waals surface area contributed by atoms with E-state index in [4.69, 9.17) is 9.47 Å². The number of benzene rings is 1. The second kappa shape index (κ2) is 11.6. The molecule has 2 N–H and O–H groups in total.